The van der Waals surface area contributed by atoms with Crippen molar-refractivity contribution in [2.45, 2.75) is 17.7 Å². The molecule has 4 rings (SSSR count). The van der Waals surface area contributed by atoms with Gasteiger partial charge in [-0.3, -0.25) is 9.10 Å². The zero-order chi connectivity index (χ0) is 22.2. The molecule has 0 spiro atoms. The molecule has 0 unspecified atom stereocenters. The molecule has 3 aromatic carbocycles. The van der Waals surface area contributed by atoms with Crippen molar-refractivity contribution in [1.82, 2.24) is 0 Å². The van der Waals surface area contributed by atoms with Crippen LogP contribution in [0.4, 0.5) is 11.4 Å². The first-order valence-electron chi connectivity index (χ1n) is 9.44. The molecule has 1 N–H and O–H groups in total. The number of sulfonamides is 1. The Morgan fingerprint density at radius 1 is 0.968 bits per heavy atom. The third-order valence-electron chi connectivity index (χ3n) is 5.02. The van der Waals surface area contributed by atoms with Gasteiger partial charge in [0.2, 0.25) is 0 Å². The first kappa shape index (κ1) is 22.0. The summed E-state index contributed by atoms with van der Waals surface area (Å²) in [4.78, 5) is 12.9. The summed E-state index contributed by atoms with van der Waals surface area (Å²) < 4.78 is 27.7. The van der Waals surface area contributed by atoms with Gasteiger partial charge in [-0.25, -0.2) is 8.42 Å². The molecule has 1 aliphatic rings. The van der Waals surface area contributed by atoms with E-state index in [1.54, 1.807) is 48.5 Å². The van der Waals surface area contributed by atoms with Gasteiger partial charge in [-0.05, 0) is 73.0 Å². The molecule has 0 aromatic heterocycles. The summed E-state index contributed by atoms with van der Waals surface area (Å²) in [5.41, 5.74) is 2.16. The first-order valence-corrected chi connectivity index (χ1v) is 12.0. The fraction of sp³-hybridized carbons (Fsp3) is 0.136. The summed E-state index contributed by atoms with van der Waals surface area (Å²) in [5.74, 6) is -0.357. The Labute approximate surface area is 195 Å². The van der Waals surface area contributed by atoms with E-state index in [1.807, 2.05) is 0 Å². The number of anilines is 2. The zero-order valence-corrected chi connectivity index (χ0v) is 19.2. The van der Waals surface area contributed by atoms with Gasteiger partial charge in [0.1, 0.15) is 0 Å². The Hall–Kier alpha value is -2.25. The van der Waals surface area contributed by atoms with Crippen LogP contribution in [0.1, 0.15) is 22.3 Å². The van der Waals surface area contributed by atoms with E-state index in [0.717, 1.165) is 5.56 Å². The van der Waals surface area contributed by atoms with E-state index < -0.39 is 10.0 Å². The highest BCUT2D eigenvalue weighted by molar-refractivity contribution is 7.92. The third-order valence-corrected chi connectivity index (χ3v) is 7.92. The van der Waals surface area contributed by atoms with Gasteiger partial charge in [-0.2, -0.15) is 0 Å². The van der Waals surface area contributed by atoms with Crippen LogP contribution in [0.25, 0.3) is 0 Å². The number of amides is 1. The van der Waals surface area contributed by atoms with Crippen LogP contribution in [-0.4, -0.2) is 20.9 Å². The van der Waals surface area contributed by atoms with Crippen molar-refractivity contribution < 1.29 is 13.2 Å². The fourth-order valence-electron chi connectivity index (χ4n) is 3.48. The standard InChI is InChI=1S/C22H17Cl3N2O3S/c23-16-7-9-17(10-8-16)31(29,30)27-12-2-3-14-13-15(6-11-20(14)27)22(28)26-19-5-1-4-18(24)21(19)25/h1,4-11,13H,2-3,12H2,(H,26,28). The number of aryl methyl sites for hydroxylation is 1. The van der Waals surface area contributed by atoms with Gasteiger partial charge in [0.25, 0.3) is 15.9 Å². The number of fused-ring (bicyclic) bond motifs is 1. The van der Waals surface area contributed by atoms with Gasteiger partial charge in [-0.1, -0.05) is 40.9 Å². The van der Waals surface area contributed by atoms with Crippen molar-refractivity contribution >= 4 is 62.1 Å². The van der Waals surface area contributed by atoms with E-state index in [0.29, 0.717) is 46.4 Å². The maximum absolute atomic E-state index is 13.2. The minimum atomic E-state index is -3.74. The normalized spacial score (nSPS) is 13.6. The molecular formula is C22H17Cl3N2O3S. The second kappa shape index (κ2) is 8.71. The van der Waals surface area contributed by atoms with Crippen LogP contribution in [-0.2, 0) is 16.4 Å². The van der Waals surface area contributed by atoms with Crippen molar-refractivity contribution in [3.63, 3.8) is 0 Å². The van der Waals surface area contributed by atoms with Crippen LogP contribution in [0.3, 0.4) is 0 Å². The number of benzene rings is 3. The fourth-order valence-corrected chi connectivity index (χ4v) is 5.50. The highest BCUT2D eigenvalue weighted by atomic mass is 35.5. The van der Waals surface area contributed by atoms with Crippen molar-refractivity contribution in [2.75, 3.05) is 16.2 Å². The van der Waals surface area contributed by atoms with E-state index in [2.05, 4.69) is 5.32 Å². The Bertz CT molecular complexity index is 1260. The number of hydrogen-bond donors (Lipinski definition) is 1. The van der Waals surface area contributed by atoms with Crippen molar-refractivity contribution in [3.8, 4) is 0 Å². The van der Waals surface area contributed by atoms with Crippen molar-refractivity contribution in [3.05, 3.63) is 86.9 Å². The number of nitrogens with one attached hydrogen (secondary N) is 1. The van der Waals surface area contributed by atoms with Gasteiger partial charge >= 0.3 is 0 Å². The van der Waals surface area contributed by atoms with Crippen LogP contribution in [0.15, 0.2) is 65.6 Å². The molecule has 9 heteroatoms. The molecule has 0 saturated carbocycles. The average molecular weight is 496 g/mol. The number of nitrogens with zero attached hydrogens (tertiary/aromatic N) is 1. The molecule has 0 aliphatic carbocycles. The van der Waals surface area contributed by atoms with Gasteiger partial charge in [0.15, 0.2) is 0 Å². The molecular weight excluding hydrogens is 479 g/mol. The number of carbonyl (C=O) groups is 1. The highest BCUT2D eigenvalue weighted by Crippen LogP contribution is 2.34. The number of hydrogen-bond acceptors (Lipinski definition) is 3. The Balaban J connectivity index is 1.63. The molecule has 5 nitrogen and oxygen atoms in total. The second-order valence-corrected chi connectivity index (χ2v) is 10.1. The van der Waals surface area contributed by atoms with E-state index in [4.69, 9.17) is 34.8 Å². The second-order valence-electron chi connectivity index (χ2n) is 7.03. The molecule has 160 valence electrons. The lowest BCUT2D eigenvalue weighted by Gasteiger charge is -2.30. The lowest BCUT2D eigenvalue weighted by atomic mass is 10.0. The minimum Gasteiger partial charge on any atom is -0.321 e. The Morgan fingerprint density at radius 2 is 1.71 bits per heavy atom. The van der Waals surface area contributed by atoms with E-state index in [9.17, 15) is 13.2 Å². The van der Waals surface area contributed by atoms with Crippen LogP contribution in [0.2, 0.25) is 15.1 Å². The predicted octanol–water partition coefficient (Wildman–Crippen LogP) is 6.04. The monoisotopic (exact) mass is 494 g/mol. The maximum Gasteiger partial charge on any atom is 0.264 e. The van der Waals surface area contributed by atoms with Crippen molar-refractivity contribution in [2.24, 2.45) is 0 Å². The van der Waals surface area contributed by atoms with Gasteiger partial charge in [0.05, 0.1) is 26.3 Å². The molecule has 0 bridgehead atoms. The third kappa shape index (κ3) is 4.39. The summed E-state index contributed by atoms with van der Waals surface area (Å²) in [6.45, 7) is 0.363. The zero-order valence-electron chi connectivity index (χ0n) is 16.1. The van der Waals surface area contributed by atoms with Crippen LogP contribution < -0.4 is 9.62 Å². The van der Waals surface area contributed by atoms with Gasteiger partial charge in [0, 0.05) is 17.1 Å². The summed E-state index contributed by atoms with van der Waals surface area (Å²) in [6, 6.07) is 16.0. The quantitative estimate of drug-likeness (QED) is 0.480. The van der Waals surface area contributed by atoms with E-state index >= 15 is 0 Å². The summed E-state index contributed by atoms with van der Waals surface area (Å²) in [5, 5.41) is 3.81. The summed E-state index contributed by atoms with van der Waals surface area (Å²) >= 11 is 18.0. The molecule has 0 atom stereocenters. The number of halogens is 3. The van der Waals surface area contributed by atoms with Crippen LogP contribution in [0, 0.1) is 0 Å². The maximum atomic E-state index is 13.2. The van der Waals surface area contributed by atoms with Crippen LogP contribution >= 0.6 is 34.8 Å². The highest BCUT2D eigenvalue weighted by Gasteiger charge is 2.29. The van der Waals surface area contributed by atoms with Gasteiger partial charge in [-0.15, -0.1) is 0 Å². The summed E-state index contributed by atoms with van der Waals surface area (Å²) in [7, 11) is -3.74. The van der Waals surface area contributed by atoms with E-state index in [1.165, 1.54) is 16.4 Å². The predicted molar refractivity (Wildman–Crippen MR) is 125 cm³/mol. The molecule has 1 aliphatic heterocycles. The van der Waals surface area contributed by atoms with E-state index in [-0.39, 0.29) is 15.8 Å². The molecule has 0 saturated heterocycles. The largest absolute Gasteiger partial charge is 0.321 e. The number of carbonyl (C=O) groups excluding carboxylic acids is 1. The molecule has 0 radical (unpaired) electrons. The lowest BCUT2D eigenvalue weighted by Crippen LogP contribution is -2.35. The molecule has 1 heterocycles. The smallest absolute Gasteiger partial charge is 0.264 e. The summed E-state index contributed by atoms with van der Waals surface area (Å²) in [6.07, 6.45) is 1.31. The van der Waals surface area contributed by atoms with Crippen LogP contribution in [0.5, 0.6) is 0 Å². The number of rotatable bonds is 4. The molecule has 3 aromatic rings. The molecule has 31 heavy (non-hydrogen) atoms. The SMILES string of the molecule is O=C(Nc1cccc(Cl)c1Cl)c1ccc2c(c1)CCCN2S(=O)(=O)c1ccc(Cl)cc1. The molecule has 1 amide bonds. The Morgan fingerprint density at radius 3 is 2.45 bits per heavy atom. The van der Waals surface area contributed by atoms with Gasteiger partial charge < -0.3 is 5.32 Å². The topological polar surface area (TPSA) is 66.5 Å². The lowest BCUT2D eigenvalue weighted by molar-refractivity contribution is 0.102. The first-order chi connectivity index (χ1) is 14.8. The average Bonchev–Trinajstić information content (AvgIpc) is 2.76. The Kier molecular flexibility index (Phi) is 6.17. The van der Waals surface area contributed by atoms with Crippen molar-refractivity contribution in [1.29, 1.82) is 0 Å². The molecule has 0 fully saturated rings. The minimum absolute atomic E-state index is 0.169.